The van der Waals surface area contributed by atoms with Gasteiger partial charge in [-0.25, -0.2) is 0 Å². The normalized spacial score (nSPS) is 20.2. The molecule has 1 aromatic rings. The molecule has 0 saturated carbocycles. The molecule has 4 heteroatoms. The van der Waals surface area contributed by atoms with Gasteiger partial charge in [0.05, 0.1) is 12.2 Å². The summed E-state index contributed by atoms with van der Waals surface area (Å²) in [4.78, 5) is 5.30. The molecule has 0 spiro atoms. The minimum absolute atomic E-state index is 0.0170. The minimum Gasteiger partial charge on any atom is -0.373 e. The highest BCUT2D eigenvalue weighted by atomic mass is 32.1. The van der Waals surface area contributed by atoms with Crippen molar-refractivity contribution in [3.05, 3.63) is 21.9 Å². The second kappa shape index (κ2) is 6.15. The Morgan fingerprint density at radius 1 is 1.44 bits per heavy atom. The maximum absolute atomic E-state index is 5.71. The molecule has 0 bridgehead atoms. The van der Waals surface area contributed by atoms with Gasteiger partial charge in [0, 0.05) is 42.5 Å². The molecule has 0 unspecified atom stereocenters. The summed E-state index contributed by atoms with van der Waals surface area (Å²) in [6.07, 6.45) is 0. The van der Waals surface area contributed by atoms with Crippen LogP contribution in [0.15, 0.2) is 12.1 Å². The lowest BCUT2D eigenvalue weighted by Crippen LogP contribution is -2.49. The van der Waals surface area contributed by atoms with E-state index >= 15 is 0 Å². The highest BCUT2D eigenvalue weighted by molar-refractivity contribution is 7.11. The Morgan fingerprint density at radius 3 is 2.94 bits per heavy atom. The molecule has 2 rings (SSSR count). The fraction of sp³-hybridized carbons (Fsp3) is 0.714. The van der Waals surface area contributed by atoms with Gasteiger partial charge in [-0.05, 0) is 32.9 Å². The largest absolute Gasteiger partial charge is 0.373 e. The topological polar surface area (TPSA) is 24.5 Å². The van der Waals surface area contributed by atoms with Crippen LogP contribution in [0.3, 0.4) is 0 Å². The second-order valence-electron chi connectivity index (χ2n) is 5.57. The van der Waals surface area contributed by atoms with E-state index in [1.54, 1.807) is 0 Å². The van der Waals surface area contributed by atoms with Gasteiger partial charge in [0.2, 0.25) is 0 Å². The predicted octanol–water partition coefficient (Wildman–Crippen LogP) is 2.26. The van der Waals surface area contributed by atoms with Gasteiger partial charge in [0.25, 0.3) is 0 Å². The van der Waals surface area contributed by atoms with Gasteiger partial charge in [-0.15, -0.1) is 11.3 Å². The number of hydrogen-bond donors (Lipinski definition) is 1. The highest BCUT2D eigenvalue weighted by Crippen LogP contribution is 2.16. The Bertz CT molecular complexity index is 376. The molecular formula is C14H24N2OS. The third-order valence-electron chi connectivity index (χ3n) is 3.20. The van der Waals surface area contributed by atoms with E-state index in [4.69, 9.17) is 4.74 Å². The van der Waals surface area contributed by atoms with Crippen molar-refractivity contribution in [3.63, 3.8) is 0 Å². The van der Waals surface area contributed by atoms with E-state index in [9.17, 15) is 0 Å². The molecule has 102 valence electrons. The summed E-state index contributed by atoms with van der Waals surface area (Å²) in [5, 5.41) is 3.52. The van der Waals surface area contributed by atoms with E-state index in [-0.39, 0.29) is 5.60 Å². The number of nitrogens with zero attached hydrogens (tertiary/aromatic N) is 1. The fourth-order valence-corrected chi connectivity index (χ4v) is 3.19. The van der Waals surface area contributed by atoms with Gasteiger partial charge >= 0.3 is 0 Å². The smallest absolute Gasteiger partial charge is 0.0753 e. The van der Waals surface area contributed by atoms with Crippen molar-refractivity contribution < 1.29 is 4.74 Å². The maximum atomic E-state index is 5.71. The summed E-state index contributed by atoms with van der Waals surface area (Å²) < 4.78 is 5.71. The van der Waals surface area contributed by atoms with Crippen LogP contribution in [0.25, 0.3) is 0 Å². The van der Waals surface area contributed by atoms with Crippen LogP contribution < -0.4 is 5.32 Å². The van der Waals surface area contributed by atoms with Gasteiger partial charge in [-0.2, -0.15) is 0 Å². The molecule has 1 saturated heterocycles. The zero-order chi connectivity index (χ0) is 13.0. The van der Waals surface area contributed by atoms with Crippen LogP contribution in [0, 0.1) is 6.92 Å². The lowest BCUT2D eigenvalue weighted by Gasteiger charge is -2.38. The van der Waals surface area contributed by atoms with E-state index in [1.807, 2.05) is 11.3 Å². The molecule has 1 N–H and O–H groups in total. The van der Waals surface area contributed by atoms with Crippen molar-refractivity contribution in [1.82, 2.24) is 10.2 Å². The quantitative estimate of drug-likeness (QED) is 0.829. The van der Waals surface area contributed by atoms with Gasteiger partial charge in [0.1, 0.15) is 0 Å². The minimum atomic E-state index is 0.0170. The molecule has 1 aromatic heterocycles. The summed E-state index contributed by atoms with van der Waals surface area (Å²) >= 11 is 1.88. The van der Waals surface area contributed by atoms with Crippen molar-refractivity contribution >= 4 is 11.3 Å². The Hall–Kier alpha value is -0.420. The van der Waals surface area contributed by atoms with Crippen LogP contribution in [0.4, 0.5) is 0 Å². The maximum Gasteiger partial charge on any atom is 0.0753 e. The number of aryl methyl sites for hydroxylation is 1. The first-order chi connectivity index (χ1) is 8.55. The molecule has 0 aliphatic carbocycles. The molecular weight excluding hydrogens is 244 g/mol. The van der Waals surface area contributed by atoms with Gasteiger partial charge in [-0.1, -0.05) is 0 Å². The van der Waals surface area contributed by atoms with Crippen LogP contribution in [0.2, 0.25) is 0 Å². The Labute approximate surface area is 114 Å². The van der Waals surface area contributed by atoms with Crippen LogP contribution in [0.1, 0.15) is 23.6 Å². The molecule has 0 aromatic carbocycles. The molecule has 2 heterocycles. The number of morpholine rings is 1. The molecule has 0 atom stereocenters. The first-order valence-electron chi connectivity index (χ1n) is 6.67. The Morgan fingerprint density at radius 2 is 2.28 bits per heavy atom. The number of ether oxygens (including phenoxy) is 1. The summed E-state index contributed by atoms with van der Waals surface area (Å²) in [5.74, 6) is 0. The van der Waals surface area contributed by atoms with E-state index in [1.165, 1.54) is 9.75 Å². The summed E-state index contributed by atoms with van der Waals surface area (Å²) in [5.41, 5.74) is 0.0170. The van der Waals surface area contributed by atoms with Crippen LogP contribution in [-0.2, 0) is 11.3 Å². The molecule has 3 nitrogen and oxygen atoms in total. The van der Waals surface area contributed by atoms with E-state index in [0.717, 1.165) is 39.3 Å². The third kappa shape index (κ3) is 4.35. The first-order valence-corrected chi connectivity index (χ1v) is 7.49. The van der Waals surface area contributed by atoms with Crippen molar-refractivity contribution in [1.29, 1.82) is 0 Å². The Kier molecular flexibility index (Phi) is 4.78. The standard InChI is InChI=1S/C14H24N2OS/c1-12-4-5-13(18-12)10-15-6-7-16-8-9-17-14(2,3)11-16/h4-5,15H,6-11H2,1-3H3. The van der Waals surface area contributed by atoms with Gasteiger partial charge in [-0.3, -0.25) is 4.90 Å². The average Bonchev–Trinajstić information content (AvgIpc) is 2.69. The highest BCUT2D eigenvalue weighted by Gasteiger charge is 2.26. The number of nitrogens with one attached hydrogen (secondary N) is 1. The third-order valence-corrected chi connectivity index (χ3v) is 4.21. The zero-order valence-corrected chi connectivity index (χ0v) is 12.5. The zero-order valence-electron chi connectivity index (χ0n) is 11.7. The van der Waals surface area contributed by atoms with E-state index < -0.39 is 0 Å². The van der Waals surface area contributed by atoms with Crippen molar-refractivity contribution in [2.45, 2.75) is 32.9 Å². The van der Waals surface area contributed by atoms with Crippen LogP contribution in [-0.4, -0.2) is 43.3 Å². The monoisotopic (exact) mass is 268 g/mol. The average molecular weight is 268 g/mol. The SMILES string of the molecule is Cc1ccc(CNCCN2CCOC(C)(C)C2)s1. The Balaban J connectivity index is 1.63. The van der Waals surface area contributed by atoms with Crippen molar-refractivity contribution in [2.24, 2.45) is 0 Å². The lowest BCUT2D eigenvalue weighted by molar-refractivity contribution is -0.0854. The predicted molar refractivity (Wildman–Crippen MR) is 77.2 cm³/mol. The fourth-order valence-electron chi connectivity index (χ4n) is 2.33. The molecule has 1 aliphatic rings. The summed E-state index contributed by atoms with van der Waals surface area (Å²) in [6.45, 7) is 12.6. The number of hydrogen-bond acceptors (Lipinski definition) is 4. The van der Waals surface area contributed by atoms with Gasteiger partial charge in [0.15, 0.2) is 0 Å². The van der Waals surface area contributed by atoms with Crippen LogP contribution in [0.5, 0.6) is 0 Å². The molecule has 0 radical (unpaired) electrons. The molecule has 18 heavy (non-hydrogen) atoms. The second-order valence-corrected chi connectivity index (χ2v) is 6.95. The molecule has 1 aliphatic heterocycles. The molecule has 0 amide bonds. The molecule has 1 fully saturated rings. The van der Waals surface area contributed by atoms with Crippen molar-refractivity contribution in [2.75, 3.05) is 32.8 Å². The van der Waals surface area contributed by atoms with Crippen LogP contribution >= 0.6 is 11.3 Å². The van der Waals surface area contributed by atoms with E-state index in [2.05, 4.69) is 43.1 Å². The number of thiophene rings is 1. The van der Waals surface area contributed by atoms with Crippen molar-refractivity contribution in [3.8, 4) is 0 Å². The first kappa shape index (κ1) is 14.0. The van der Waals surface area contributed by atoms with Gasteiger partial charge < -0.3 is 10.1 Å². The summed E-state index contributed by atoms with van der Waals surface area (Å²) in [6, 6.07) is 4.40. The lowest BCUT2D eigenvalue weighted by atomic mass is 10.1. The van der Waals surface area contributed by atoms with E-state index in [0.29, 0.717) is 0 Å². The number of rotatable bonds is 5. The summed E-state index contributed by atoms with van der Waals surface area (Å²) in [7, 11) is 0.